The van der Waals surface area contributed by atoms with Crippen molar-refractivity contribution in [1.29, 1.82) is 0 Å². The molecule has 0 atom stereocenters. The summed E-state index contributed by atoms with van der Waals surface area (Å²) in [6, 6.07) is 8.29. The normalized spacial score (nSPS) is 12.0. The first-order valence-electron chi connectivity index (χ1n) is 7.82. The van der Waals surface area contributed by atoms with Crippen LogP contribution in [0.3, 0.4) is 0 Å². The van der Waals surface area contributed by atoms with Gasteiger partial charge >= 0.3 is 15.6 Å². The van der Waals surface area contributed by atoms with Crippen molar-refractivity contribution in [3.05, 3.63) is 53.1 Å². The number of methoxy groups -OCH3 is 2. The first-order valence-corrected chi connectivity index (χ1v) is 9.23. The van der Waals surface area contributed by atoms with Crippen molar-refractivity contribution in [3.8, 4) is 22.9 Å². The average molecular weight is 430 g/mol. The standard InChI is InChI=1S/C17H13F3N2O6S/c1-26-11-5-3-10(4-6-11)22-9-21-13-7-12(27-2)8-14(15(13)16(22)23)28-29(24,25)17(18,19)20/h3-9H,1-2H3. The molecule has 3 aromatic rings. The lowest BCUT2D eigenvalue weighted by atomic mass is 10.2. The number of alkyl halides is 3. The van der Waals surface area contributed by atoms with Gasteiger partial charge in [0.15, 0.2) is 5.75 Å². The minimum absolute atomic E-state index is 0.0426. The van der Waals surface area contributed by atoms with Gasteiger partial charge in [-0.1, -0.05) is 0 Å². The molecule has 1 heterocycles. The van der Waals surface area contributed by atoms with Crippen LogP contribution in [0.4, 0.5) is 13.2 Å². The monoisotopic (exact) mass is 430 g/mol. The van der Waals surface area contributed by atoms with Gasteiger partial charge in [-0.25, -0.2) is 4.98 Å². The lowest BCUT2D eigenvalue weighted by molar-refractivity contribution is -0.0499. The zero-order chi connectivity index (χ0) is 21.4. The van der Waals surface area contributed by atoms with Gasteiger partial charge in [-0.2, -0.15) is 21.6 Å². The number of halogens is 3. The van der Waals surface area contributed by atoms with Crippen molar-refractivity contribution < 1.29 is 35.2 Å². The first-order chi connectivity index (χ1) is 13.6. The minimum atomic E-state index is -6.02. The molecule has 3 rings (SSSR count). The third kappa shape index (κ3) is 3.83. The number of nitrogens with zero attached hydrogens (tertiary/aromatic N) is 2. The highest BCUT2D eigenvalue weighted by molar-refractivity contribution is 7.88. The van der Waals surface area contributed by atoms with Gasteiger partial charge in [0.25, 0.3) is 5.56 Å². The number of hydrogen-bond acceptors (Lipinski definition) is 7. The fraction of sp³-hybridized carbons (Fsp3) is 0.176. The van der Waals surface area contributed by atoms with Gasteiger partial charge < -0.3 is 13.7 Å². The molecule has 29 heavy (non-hydrogen) atoms. The van der Waals surface area contributed by atoms with E-state index in [4.69, 9.17) is 9.47 Å². The number of ether oxygens (including phenoxy) is 2. The zero-order valence-corrected chi connectivity index (χ0v) is 15.7. The Morgan fingerprint density at radius 3 is 2.17 bits per heavy atom. The number of benzene rings is 2. The Balaban J connectivity index is 2.25. The smallest absolute Gasteiger partial charge is 0.497 e. The molecule has 8 nitrogen and oxygen atoms in total. The van der Waals surface area contributed by atoms with Crippen LogP contribution in [0, 0.1) is 0 Å². The molecule has 0 unspecified atom stereocenters. The summed E-state index contributed by atoms with van der Waals surface area (Å²) in [5, 5.41) is -0.461. The van der Waals surface area contributed by atoms with Crippen LogP contribution >= 0.6 is 0 Å². The third-order valence-corrected chi connectivity index (χ3v) is 4.84. The van der Waals surface area contributed by atoms with Crippen molar-refractivity contribution >= 4 is 21.0 Å². The highest BCUT2D eigenvalue weighted by Gasteiger charge is 2.49. The van der Waals surface area contributed by atoms with E-state index < -0.39 is 32.3 Å². The van der Waals surface area contributed by atoms with E-state index in [1.54, 1.807) is 12.1 Å². The van der Waals surface area contributed by atoms with Crippen molar-refractivity contribution in [3.63, 3.8) is 0 Å². The van der Waals surface area contributed by atoms with Gasteiger partial charge in [-0.15, -0.1) is 0 Å². The van der Waals surface area contributed by atoms with E-state index in [1.807, 2.05) is 0 Å². The van der Waals surface area contributed by atoms with Crippen LogP contribution in [-0.4, -0.2) is 37.7 Å². The molecule has 0 bridgehead atoms. The molecule has 0 aliphatic heterocycles. The largest absolute Gasteiger partial charge is 0.534 e. The molecule has 0 aliphatic rings. The predicted octanol–water partition coefficient (Wildman–Crippen LogP) is 2.63. The molecular weight excluding hydrogens is 417 g/mol. The van der Waals surface area contributed by atoms with E-state index in [0.29, 0.717) is 11.4 Å². The Kier molecular flexibility index (Phi) is 5.13. The Morgan fingerprint density at radius 2 is 1.62 bits per heavy atom. The number of fused-ring (bicyclic) bond motifs is 1. The predicted molar refractivity (Wildman–Crippen MR) is 96.0 cm³/mol. The van der Waals surface area contributed by atoms with E-state index in [-0.39, 0.29) is 11.3 Å². The minimum Gasteiger partial charge on any atom is -0.497 e. The van der Waals surface area contributed by atoms with Crippen molar-refractivity contribution in [2.45, 2.75) is 5.51 Å². The highest BCUT2D eigenvalue weighted by atomic mass is 32.2. The van der Waals surface area contributed by atoms with Gasteiger partial charge in [0.1, 0.15) is 23.2 Å². The van der Waals surface area contributed by atoms with Crippen LogP contribution in [0.2, 0.25) is 0 Å². The molecule has 0 saturated carbocycles. The summed E-state index contributed by atoms with van der Waals surface area (Å²) < 4.78 is 76.4. The van der Waals surface area contributed by atoms with Crippen molar-refractivity contribution in [1.82, 2.24) is 9.55 Å². The molecule has 1 aromatic heterocycles. The molecular formula is C17H13F3N2O6S. The summed E-state index contributed by atoms with van der Waals surface area (Å²) in [5.74, 6) is -0.378. The Bertz CT molecular complexity index is 1220. The van der Waals surface area contributed by atoms with Crippen LogP contribution in [0.15, 0.2) is 47.5 Å². The summed E-state index contributed by atoms with van der Waals surface area (Å²) in [4.78, 5) is 17.0. The van der Waals surface area contributed by atoms with Crippen LogP contribution in [0.1, 0.15) is 0 Å². The Morgan fingerprint density at radius 1 is 1.00 bits per heavy atom. The maximum atomic E-state index is 12.9. The van der Waals surface area contributed by atoms with Crippen LogP contribution in [0.25, 0.3) is 16.6 Å². The molecule has 12 heteroatoms. The second-order valence-corrected chi connectivity index (χ2v) is 7.16. The summed E-state index contributed by atoms with van der Waals surface area (Å²) in [7, 11) is -3.35. The summed E-state index contributed by atoms with van der Waals surface area (Å²) in [6.07, 6.45) is 1.15. The Hall–Kier alpha value is -3.28. The average Bonchev–Trinajstić information content (AvgIpc) is 2.67. The third-order valence-electron chi connectivity index (χ3n) is 3.87. The van der Waals surface area contributed by atoms with Crippen molar-refractivity contribution in [2.24, 2.45) is 0 Å². The van der Waals surface area contributed by atoms with Gasteiger partial charge in [0.05, 0.1) is 25.4 Å². The van der Waals surface area contributed by atoms with Gasteiger partial charge in [0.2, 0.25) is 0 Å². The fourth-order valence-electron chi connectivity index (χ4n) is 2.46. The highest BCUT2D eigenvalue weighted by Crippen LogP contribution is 2.33. The quantitative estimate of drug-likeness (QED) is 0.453. The Labute approximate surface area is 162 Å². The summed E-state index contributed by atoms with van der Waals surface area (Å²) in [6.45, 7) is 0. The molecule has 0 N–H and O–H groups in total. The summed E-state index contributed by atoms with van der Waals surface area (Å²) in [5.41, 5.74) is -6.30. The second kappa shape index (κ2) is 7.28. The van der Waals surface area contributed by atoms with Crippen molar-refractivity contribution in [2.75, 3.05) is 14.2 Å². The maximum absolute atomic E-state index is 12.9. The first kappa shape index (κ1) is 20.5. The maximum Gasteiger partial charge on any atom is 0.534 e. The lowest BCUT2D eigenvalue weighted by Gasteiger charge is -2.13. The van der Waals surface area contributed by atoms with Gasteiger partial charge in [-0.05, 0) is 24.3 Å². The summed E-state index contributed by atoms with van der Waals surface area (Å²) >= 11 is 0. The van der Waals surface area contributed by atoms with Crippen LogP contribution in [0.5, 0.6) is 17.2 Å². The molecule has 0 amide bonds. The molecule has 2 aromatic carbocycles. The lowest BCUT2D eigenvalue weighted by Crippen LogP contribution is -2.29. The molecule has 154 valence electrons. The number of hydrogen-bond donors (Lipinski definition) is 0. The molecule has 0 saturated heterocycles. The number of aromatic nitrogens is 2. The topological polar surface area (TPSA) is 96.7 Å². The van der Waals surface area contributed by atoms with E-state index in [9.17, 15) is 26.4 Å². The SMILES string of the molecule is COc1ccc(-n2cnc3cc(OC)cc(OS(=O)(=O)C(F)(F)F)c3c2=O)cc1. The molecule has 0 fully saturated rings. The molecule has 0 aliphatic carbocycles. The fourth-order valence-corrected chi connectivity index (χ4v) is 2.92. The second-order valence-electron chi connectivity index (χ2n) is 5.62. The van der Waals surface area contributed by atoms with Gasteiger partial charge in [-0.3, -0.25) is 9.36 Å². The number of rotatable bonds is 5. The van der Waals surface area contributed by atoms with Gasteiger partial charge in [0, 0.05) is 12.1 Å². The van der Waals surface area contributed by atoms with E-state index in [2.05, 4.69) is 9.17 Å². The van der Waals surface area contributed by atoms with E-state index >= 15 is 0 Å². The zero-order valence-electron chi connectivity index (χ0n) is 14.9. The van der Waals surface area contributed by atoms with Crippen LogP contribution in [-0.2, 0) is 10.1 Å². The van der Waals surface area contributed by atoms with Crippen LogP contribution < -0.4 is 19.2 Å². The van der Waals surface area contributed by atoms with E-state index in [0.717, 1.165) is 17.0 Å². The van der Waals surface area contributed by atoms with E-state index in [1.165, 1.54) is 32.4 Å². The molecule has 0 radical (unpaired) electrons. The molecule has 0 spiro atoms.